The molecule has 0 aromatic carbocycles. The average Bonchev–Trinajstić information content (AvgIpc) is 3.07. The van der Waals surface area contributed by atoms with Crippen LogP contribution in [0, 0.1) is 13.8 Å². The van der Waals surface area contributed by atoms with E-state index in [-0.39, 0.29) is 11.9 Å². The van der Waals surface area contributed by atoms with Gasteiger partial charge in [-0.05, 0) is 38.8 Å². The summed E-state index contributed by atoms with van der Waals surface area (Å²) in [6.45, 7) is 3.70. The van der Waals surface area contributed by atoms with Crippen LogP contribution in [0.25, 0.3) is 10.8 Å². The number of hydrogen-bond acceptors (Lipinski definition) is 5. The fourth-order valence-corrected chi connectivity index (χ4v) is 3.71. The number of thiazole rings is 1. The lowest BCUT2D eigenvalue weighted by atomic mass is 9.92. The van der Waals surface area contributed by atoms with Gasteiger partial charge in [0.2, 0.25) is 0 Å². The normalized spacial score (nSPS) is 21.8. The Bertz CT molecular complexity index is 677. The number of nitrogens with one attached hydrogen (secondary N) is 1. The molecule has 2 heterocycles. The molecule has 0 aliphatic heterocycles. The molecular formula is C16H20N2O3S. The number of nitrogens with zero attached hydrogens (tertiary/aromatic N) is 1. The summed E-state index contributed by atoms with van der Waals surface area (Å²) in [5, 5.41) is 13.6. The third-order valence-electron chi connectivity index (χ3n) is 4.00. The van der Waals surface area contributed by atoms with E-state index in [4.69, 9.17) is 4.42 Å². The molecule has 1 amide bonds. The van der Waals surface area contributed by atoms with Crippen LogP contribution in [0.2, 0.25) is 0 Å². The first-order valence-electron chi connectivity index (χ1n) is 7.58. The maximum Gasteiger partial charge on any atom is 0.263 e. The molecule has 0 bridgehead atoms. The maximum absolute atomic E-state index is 12.4. The molecular weight excluding hydrogens is 300 g/mol. The minimum absolute atomic E-state index is 0.156. The predicted molar refractivity (Wildman–Crippen MR) is 85.0 cm³/mol. The van der Waals surface area contributed by atoms with Crippen LogP contribution in [0.5, 0.6) is 0 Å². The molecule has 6 heteroatoms. The zero-order valence-corrected chi connectivity index (χ0v) is 13.6. The van der Waals surface area contributed by atoms with Gasteiger partial charge >= 0.3 is 0 Å². The van der Waals surface area contributed by atoms with Gasteiger partial charge in [-0.25, -0.2) is 4.98 Å². The molecule has 1 aliphatic rings. The Balaban J connectivity index is 1.76. The lowest BCUT2D eigenvalue weighted by Gasteiger charge is -2.28. The average molecular weight is 320 g/mol. The third kappa shape index (κ3) is 3.08. The number of rotatable bonds is 3. The van der Waals surface area contributed by atoms with Crippen molar-refractivity contribution in [3.63, 3.8) is 0 Å². The van der Waals surface area contributed by atoms with Crippen LogP contribution in [0.4, 0.5) is 0 Å². The molecule has 118 valence electrons. The van der Waals surface area contributed by atoms with Gasteiger partial charge in [-0.1, -0.05) is 12.8 Å². The fourth-order valence-electron chi connectivity index (χ4n) is 2.78. The summed E-state index contributed by atoms with van der Waals surface area (Å²) in [5.41, 5.74) is 0.692. The first-order chi connectivity index (χ1) is 10.5. The van der Waals surface area contributed by atoms with Crippen LogP contribution in [0.3, 0.4) is 0 Å². The van der Waals surface area contributed by atoms with E-state index < -0.39 is 6.10 Å². The second-order valence-electron chi connectivity index (χ2n) is 5.78. The van der Waals surface area contributed by atoms with Crippen LogP contribution >= 0.6 is 11.3 Å². The summed E-state index contributed by atoms with van der Waals surface area (Å²) >= 11 is 1.33. The van der Waals surface area contributed by atoms with E-state index in [2.05, 4.69) is 10.3 Å². The molecule has 1 fully saturated rings. The van der Waals surface area contributed by atoms with Gasteiger partial charge in [0.1, 0.15) is 10.6 Å². The molecule has 2 N–H and O–H groups in total. The summed E-state index contributed by atoms with van der Waals surface area (Å²) in [6.07, 6.45) is 3.20. The summed E-state index contributed by atoms with van der Waals surface area (Å²) in [5.74, 6) is 1.34. The summed E-state index contributed by atoms with van der Waals surface area (Å²) in [4.78, 5) is 17.5. The minimum Gasteiger partial charge on any atom is -0.459 e. The number of aryl methyl sites for hydroxylation is 2. The SMILES string of the molecule is Cc1ccc(-c2nc(C)c(C(=O)NC3CCCCC3O)s2)o1. The highest BCUT2D eigenvalue weighted by Crippen LogP contribution is 2.29. The van der Waals surface area contributed by atoms with Gasteiger partial charge in [-0.15, -0.1) is 11.3 Å². The van der Waals surface area contributed by atoms with Gasteiger partial charge in [0.15, 0.2) is 10.8 Å². The van der Waals surface area contributed by atoms with Crippen molar-refractivity contribution in [2.45, 2.75) is 51.7 Å². The van der Waals surface area contributed by atoms with E-state index >= 15 is 0 Å². The summed E-state index contributed by atoms with van der Waals surface area (Å²) in [6, 6.07) is 3.58. The molecule has 1 aliphatic carbocycles. The number of amides is 1. The van der Waals surface area contributed by atoms with Crippen molar-refractivity contribution in [3.8, 4) is 10.8 Å². The van der Waals surface area contributed by atoms with Gasteiger partial charge in [0.25, 0.3) is 5.91 Å². The van der Waals surface area contributed by atoms with Crippen molar-refractivity contribution in [2.75, 3.05) is 0 Å². The van der Waals surface area contributed by atoms with Gasteiger partial charge in [0, 0.05) is 0 Å². The van der Waals surface area contributed by atoms with E-state index in [1.807, 2.05) is 26.0 Å². The topological polar surface area (TPSA) is 75.4 Å². The second kappa shape index (κ2) is 6.22. The van der Waals surface area contributed by atoms with Crippen LogP contribution in [-0.2, 0) is 0 Å². The Morgan fingerprint density at radius 3 is 2.82 bits per heavy atom. The largest absolute Gasteiger partial charge is 0.459 e. The standard InChI is InChI=1S/C16H20N2O3S/c1-9-7-8-13(21-9)16-17-10(2)14(22-16)15(20)18-11-5-3-4-6-12(11)19/h7-8,11-12,19H,3-6H2,1-2H3,(H,18,20). The van der Waals surface area contributed by atoms with Gasteiger partial charge in [0.05, 0.1) is 17.8 Å². The molecule has 2 atom stereocenters. The number of aliphatic hydroxyl groups excluding tert-OH is 1. The van der Waals surface area contributed by atoms with Gasteiger partial charge in [-0.2, -0.15) is 0 Å². The third-order valence-corrected chi connectivity index (χ3v) is 5.17. The van der Waals surface area contributed by atoms with E-state index in [0.717, 1.165) is 31.4 Å². The molecule has 1 saturated carbocycles. The van der Waals surface area contributed by atoms with Crippen LogP contribution in [0.1, 0.15) is 46.8 Å². The minimum atomic E-state index is -0.446. The second-order valence-corrected chi connectivity index (χ2v) is 6.77. The van der Waals surface area contributed by atoms with Crippen molar-refractivity contribution in [1.29, 1.82) is 0 Å². The van der Waals surface area contributed by atoms with Gasteiger partial charge < -0.3 is 14.8 Å². The fraction of sp³-hybridized carbons (Fsp3) is 0.500. The smallest absolute Gasteiger partial charge is 0.263 e. The first-order valence-corrected chi connectivity index (χ1v) is 8.39. The van der Waals surface area contributed by atoms with Gasteiger partial charge in [-0.3, -0.25) is 4.79 Å². The Morgan fingerprint density at radius 2 is 2.14 bits per heavy atom. The Labute approximate surface area is 133 Å². The number of aliphatic hydroxyl groups is 1. The van der Waals surface area contributed by atoms with E-state index in [1.165, 1.54) is 11.3 Å². The Hall–Kier alpha value is -1.66. The predicted octanol–water partition coefficient (Wildman–Crippen LogP) is 3.05. The van der Waals surface area contributed by atoms with Crippen molar-refractivity contribution < 1.29 is 14.3 Å². The zero-order chi connectivity index (χ0) is 15.7. The Morgan fingerprint density at radius 1 is 1.36 bits per heavy atom. The van der Waals surface area contributed by atoms with E-state index in [1.54, 1.807) is 0 Å². The monoisotopic (exact) mass is 320 g/mol. The quantitative estimate of drug-likeness (QED) is 0.911. The van der Waals surface area contributed by atoms with Crippen molar-refractivity contribution >= 4 is 17.2 Å². The summed E-state index contributed by atoms with van der Waals surface area (Å²) in [7, 11) is 0. The number of carbonyl (C=O) groups is 1. The number of hydrogen-bond donors (Lipinski definition) is 2. The lowest BCUT2D eigenvalue weighted by molar-refractivity contribution is 0.0719. The zero-order valence-electron chi connectivity index (χ0n) is 12.8. The molecule has 0 spiro atoms. The molecule has 2 unspecified atom stereocenters. The van der Waals surface area contributed by atoms with Crippen LogP contribution in [-0.4, -0.2) is 28.1 Å². The summed E-state index contributed by atoms with van der Waals surface area (Å²) < 4.78 is 5.56. The van der Waals surface area contributed by atoms with Crippen molar-refractivity contribution in [1.82, 2.24) is 10.3 Å². The highest BCUT2D eigenvalue weighted by Gasteiger charge is 2.26. The van der Waals surface area contributed by atoms with Crippen molar-refractivity contribution in [2.24, 2.45) is 0 Å². The number of furan rings is 1. The molecule has 3 rings (SSSR count). The molecule has 2 aromatic heterocycles. The molecule has 0 radical (unpaired) electrons. The molecule has 22 heavy (non-hydrogen) atoms. The number of aromatic nitrogens is 1. The maximum atomic E-state index is 12.4. The van der Waals surface area contributed by atoms with Crippen LogP contribution in [0.15, 0.2) is 16.5 Å². The molecule has 5 nitrogen and oxygen atoms in total. The number of carbonyl (C=O) groups excluding carboxylic acids is 1. The molecule has 2 aromatic rings. The Kier molecular flexibility index (Phi) is 4.31. The van der Waals surface area contributed by atoms with Crippen LogP contribution < -0.4 is 5.32 Å². The van der Waals surface area contributed by atoms with E-state index in [0.29, 0.717) is 21.3 Å². The van der Waals surface area contributed by atoms with E-state index in [9.17, 15) is 9.90 Å². The lowest BCUT2D eigenvalue weighted by Crippen LogP contribution is -2.45. The van der Waals surface area contributed by atoms with Crippen molar-refractivity contribution in [3.05, 3.63) is 28.5 Å². The first kappa shape index (κ1) is 15.2. The molecule has 0 saturated heterocycles. The highest BCUT2D eigenvalue weighted by molar-refractivity contribution is 7.17. The highest BCUT2D eigenvalue weighted by atomic mass is 32.1.